The van der Waals surface area contributed by atoms with Gasteiger partial charge in [0.15, 0.2) is 0 Å². The Bertz CT molecular complexity index is 716. The Balaban J connectivity index is 1.54. The molecule has 2 heterocycles. The summed E-state index contributed by atoms with van der Waals surface area (Å²) in [6, 6.07) is 8.04. The maximum Gasteiger partial charge on any atom is 0.133 e. The molecule has 0 bridgehead atoms. The van der Waals surface area contributed by atoms with Crippen molar-refractivity contribution in [2.24, 2.45) is 5.92 Å². The van der Waals surface area contributed by atoms with Crippen LogP contribution in [0, 0.1) is 5.92 Å². The zero-order valence-electron chi connectivity index (χ0n) is 15.5. The van der Waals surface area contributed by atoms with Gasteiger partial charge in [0, 0.05) is 30.8 Å². The lowest BCUT2D eigenvalue weighted by Crippen LogP contribution is -2.16. The van der Waals surface area contributed by atoms with Crippen LogP contribution < -0.4 is 9.47 Å². The topological polar surface area (TPSA) is 45.5 Å². The van der Waals surface area contributed by atoms with Crippen LogP contribution in [-0.2, 0) is 11.3 Å². The second-order valence-electron chi connectivity index (χ2n) is 7.39. The van der Waals surface area contributed by atoms with Gasteiger partial charge in [0.05, 0.1) is 26.0 Å². The van der Waals surface area contributed by atoms with Crippen LogP contribution >= 0.6 is 0 Å². The third-order valence-electron chi connectivity index (χ3n) is 5.46. The van der Waals surface area contributed by atoms with E-state index in [9.17, 15) is 0 Å². The summed E-state index contributed by atoms with van der Waals surface area (Å²) in [7, 11) is 1.68. The van der Waals surface area contributed by atoms with Crippen molar-refractivity contribution in [3.63, 3.8) is 0 Å². The molecule has 1 aliphatic carbocycles. The molecule has 0 amide bonds. The molecule has 2 aromatic rings. The molecule has 5 nitrogen and oxygen atoms in total. The van der Waals surface area contributed by atoms with E-state index in [4.69, 9.17) is 19.3 Å². The summed E-state index contributed by atoms with van der Waals surface area (Å²) in [4.78, 5) is 0. The lowest BCUT2D eigenvalue weighted by Gasteiger charge is -2.21. The molecule has 0 spiro atoms. The maximum absolute atomic E-state index is 6.21. The monoisotopic (exact) mass is 356 g/mol. The van der Waals surface area contributed by atoms with E-state index >= 15 is 0 Å². The Labute approximate surface area is 155 Å². The lowest BCUT2D eigenvalue weighted by atomic mass is 9.89. The van der Waals surface area contributed by atoms with Crippen LogP contribution in [0.5, 0.6) is 11.5 Å². The van der Waals surface area contributed by atoms with E-state index in [1.807, 2.05) is 18.2 Å². The zero-order valence-corrected chi connectivity index (χ0v) is 15.5. The van der Waals surface area contributed by atoms with Gasteiger partial charge in [-0.1, -0.05) is 19.3 Å². The SMILES string of the molecule is COc1ccc(-c2ccn(CC3CCCCC3)n2)c(O[C@@H]2CCOC2)c1. The summed E-state index contributed by atoms with van der Waals surface area (Å²) in [5.41, 5.74) is 1.97. The largest absolute Gasteiger partial charge is 0.497 e. The van der Waals surface area contributed by atoms with E-state index < -0.39 is 0 Å². The van der Waals surface area contributed by atoms with Gasteiger partial charge in [-0.15, -0.1) is 0 Å². The first-order valence-corrected chi connectivity index (χ1v) is 9.78. The highest BCUT2D eigenvalue weighted by Crippen LogP contribution is 2.34. The molecule has 1 aliphatic heterocycles. The highest BCUT2D eigenvalue weighted by molar-refractivity contribution is 5.68. The average Bonchev–Trinajstić information content (AvgIpc) is 3.35. The van der Waals surface area contributed by atoms with Crippen molar-refractivity contribution in [3.8, 4) is 22.8 Å². The third-order valence-corrected chi connectivity index (χ3v) is 5.46. The highest BCUT2D eigenvalue weighted by atomic mass is 16.5. The molecule has 1 aromatic carbocycles. The Morgan fingerprint density at radius 2 is 2.04 bits per heavy atom. The van der Waals surface area contributed by atoms with Gasteiger partial charge in [-0.05, 0) is 37.0 Å². The normalized spacial score (nSPS) is 21.0. The second-order valence-corrected chi connectivity index (χ2v) is 7.39. The van der Waals surface area contributed by atoms with Crippen LogP contribution in [0.15, 0.2) is 30.5 Å². The minimum Gasteiger partial charge on any atom is -0.497 e. The minimum absolute atomic E-state index is 0.102. The summed E-state index contributed by atoms with van der Waals surface area (Å²) in [6.07, 6.45) is 9.88. The van der Waals surface area contributed by atoms with Gasteiger partial charge in [0.1, 0.15) is 17.6 Å². The summed E-state index contributed by atoms with van der Waals surface area (Å²) >= 11 is 0. The Morgan fingerprint density at radius 3 is 2.81 bits per heavy atom. The maximum atomic E-state index is 6.21. The van der Waals surface area contributed by atoms with Crippen molar-refractivity contribution in [1.29, 1.82) is 0 Å². The summed E-state index contributed by atoms with van der Waals surface area (Å²) < 4.78 is 19.1. The molecule has 140 valence electrons. The second kappa shape index (κ2) is 8.12. The van der Waals surface area contributed by atoms with E-state index in [-0.39, 0.29) is 6.10 Å². The van der Waals surface area contributed by atoms with Crippen molar-refractivity contribution in [2.45, 2.75) is 51.2 Å². The van der Waals surface area contributed by atoms with Crippen LogP contribution in [0.25, 0.3) is 11.3 Å². The van der Waals surface area contributed by atoms with Crippen LogP contribution in [0.3, 0.4) is 0 Å². The van der Waals surface area contributed by atoms with Crippen LogP contribution in [0.2, 0.25) is 0 Å². The average molecular weight is 356 g/mol. The van der Waals surface area contributed by atoms with Gasteiger partial charge < -0.3 is 14.2 Å². The number of rotatable bonds is 6. The summed E-state index contributed by atoms with van der Waals surface area (Å²) in [6.45, 7) is 2.43. The highest BCUT2D eigenvalue weighted by Gasteiger charge is 2.21. The first-order chi connectivity index (χ1) is 12.8. The Morgan fingerprint density at radius 1 is 1.15 bits per heavy atom. The number of methoxy groups -OCH3 is 1. The number of ether oxygens (including phenoxy) is 3. The molecule has 1 saturated heterocycles. The van der Waals surface area contributed by atoms with E-state index in [2.05, 4.69) is 16.9 Å². The predicted octanol–water partition coefficient (Wildman–Crippen LogP) is 4.31. The number of aromatic nitrogens is 2. The lowest BCUT2D eigenvalue weighted by molar-refractivity contribution is 0.141. The number of benzene rings is 1. The Hall–Kier alpha value is -2.01. The fourth-order valence-corrected chi connectivity index (χ4v) is 3.97. The van der Waals surface area contributed by atoms with E-state index in [0.29, 0.717) is 6.61 Å². The van der Waals surface area contributed by atoms with Crippen molar-refractivity contribution < 1.29 is 14.2 Å². The van der Waals surface area contributed by atoms with Crippen LogP contribution in [0.4, 0.5) is 0 Å². The third kappa shape index (κ3) is 4.04. The minimum atomic E-state index is 0.102. The molecule has 2 fully saturated rings. The first-order valence-electron chi connectivity index (χ1n) is 9.78. The fourth-order valence-electron chi connectivity index (χ4n) is 3.97. The van der Waals surface area contributed by atoms with Gasteiger partial charge >= 0.3 is 0 Å². The van der Waals surface area contributed by atoms with Gasteiger partial charge in [-0.3, -0.25) is 4.68 Å². The molecule has 26 heavy (non-hydrogen) atoms. The molecule has 1 aromatic heterocycles. The Kier molecular flexibility index (Phi) is 5.44. The molecule has 5 heteroatoms. The molecular weight excluding hydrogens is 328 g/mol. The standard InChI is InChI=1S/C21H28N2O3/c1-24-17-7-8-19(21(13-17)26-18-10-12-25-15-18)20-9-11-23(22-20)14-16-5-3-2-4-6-16/h7-9,11,13,16,18H,2-6,10,12,14-15H2,1H3/t18-/m1/s1. The van der Waals surface area contributed by atoms with Gasteiger partial charge in [-0.2, -0.15) is 5.10 Å². The fraction of sp³-hybridized carbons (Fsp3) is 0.571. The smallest absolute Gasteiger partial charge is 0.133 e. The van der Waals surface area contributed by atoms with Crippen LogP contribution in [0.1, 0.15) is 38.5 Å². The van der Waals surface area contributed by atoms with Crippen molar-refractivity contribution in [2.75, 3.05) is 20.3 Å². The zero-order chi connectivity index (χ0) is 17.8. The van der Waals surface area contributed by atoms with Gasteiger partial charge in [0.2, 0.25) is 0 Å². The van der Waals surface area contributed by atoms with Gasteiger partial charge in [0.25, 0.3) is 0 Å². The van der Waals surface area contributed by atoms with Gasteiger partial charge in [-0.25, -0.2) is 0 Å². The number of hydrogen-bond donors (Lipinski definition) is 0. The number of hydrogen-bond acceptors (Lipinski definition) is 4. The van der Waals surface area contributed by atoms with E-state index in [1.165, 1.54) is 32.1 Å². The molecule has 0 unspecified atom stereocenters. The number of nitrogens with zero attached hydrogens (tertiary/aromatic N) is 2. The molecule has 1 saturated carbocycles. The molecule has 2 aliphatic rings. The van der Waals surface area contributed by atoms with Crippen molar-refractivity contribution in [3.05, 3.63) is 30.5 Å². The van der Waals surface area contributed by atoms with E-state index in [0.717, 1.165) is 48.2 Å². The molecule has 1 atom stereocenters. The van der Waals surface area contributed by atoms with Crippen molar-refractivity contribution in [1.82, 2.24) is 9.78 Å². The first kappa shape index (κ1) is 17.4. The van der Waals surface area contributed by atoms with E-state index in [1.54, 1.807) is 7.11 Å². The molecule has 4 rings (SSSR count). The van der Waals surface area contributed by atoms with Crippen molar-refractivity contribution >= 4 is 0 Å². The molecule has 0 radical (unpaired) electrons. The van der Waals surface area contributed by atoms with Crippen LogP contribution in [-0.4, -0.2) is 36.2 Å². The predicted molar refractivity (Wildman–Crippen MR) is 101 cm³/mol. The molecule has 0 N–H and O–H groups in total. The molecular formula is C21H28N2O3. The summed E-state index contributed by atoms with van der Waals surface area (Å²) in [5, 5.41) is 4.83. The summed E-state index contributed by atoms with van der Waals surface area (Å²) in [5.74, 6) is 2.38. The quantitative estimate of drug-likeness (QED) is 0.774.